The van der Waals surface area contributed by atoms with Crippen LogP contribution >= 0.6 is 22.9 Å². The fourth-order valence-corrected chi connectivity index (χ4v) is 2.65. The quantitative estimate of drug-likeness (QED) is 0.899. The van der Waals surface area contributed by atoms with E-state index in [2.05, 4.69) is 10.3 Å². The van der Waals surface area contributed by atoms with Crippen LogP contribution in [0.5, 0.6) is 0 Å². The van der Waals surface area contributed by atoms with Crippen molar-refractivity contribution in [1.82, 2.24) is 4.98 Å². The number of anilines is 1. The number of aromatic nitrogens is 1. The van der Waals surface area contributed by atoms with Crippen LogP contribution in [0.1, 0.15) is 10.5 Å². The normalized spacial score (nSPS) is 11.3. The summed E-state index contributed by atoms with van der Waals surface area (Å²) in [4.78, 5) is 15.5. The minimum Gasteiger partial charge on any atom is -0.319 e. The van der Waals surface area contributed by atoms with Crippen LogP contribution in [-0.2, 0) is 10.0 Å². The number of rotatable bonds is 3. The van der Waals surface area contributed by atoms with Crippen molar-refractivity contribution in [2.75, 3.05) is 5.32 Å². The first-order chi connectivity index (χ1) is 8.88. The third-order valence-corrected chi connectivity index (χ3v) is 3.99. The third kappa shape index (κ3) is 3.29. The molecule has 0 saturated heterocycles. The number of carbonyl (C=O) groups is 1. The van der Waals surface area contributed by atoms with E-state index < -0.39 is 15.9 Å². The molecule has 0 spiro atoms. The Kier molecular flexibility index (Phi) is 3.85. The van der Waals surface area contributed by atoms with Gasteiger partial charge in [0.1, 0.15) is 5.69 Å². The molecule has 0 aliphatic carbocycles. The first kappa shape index (κ1) is 13.9. The molecule has 0 aliphatic heterocycles. The predicted molar refractivity (Wildman–Crippen MR) is 72.9 cm³/mol. The van der Waals surface area contributed by atoms with E-state index in [1.807, 2.05) is 0 Å². The van der Waals surface area contributed by atoms with Crippen molar-refractivity contribution in [3.05, 3.63) is 39.8 Å². The maximum atomic E-state index is 11.7. The number of primary sulfonamides is 1. The molecule has 0 bridgehead atoms. The number of amides is 1. The second-order valence-electron chi connectivity index (χ2n) is 3.51. The van der Waals surface area contributed by atoms with Crippen LogP contribution in [0.4, 0.5) is 5.69 Å². The molecule has 0 radical (unpaired) electrons. The molecule has 1 amide bonds. The molecule has 0 atom stereocenters. The number of sulfonamides is 1. The summed E-state index contributed by atoms with van der Waals surface area (Å²) in [5, 5.41) is 9.16. The number of benzene rings is 1. The van der Waals surface area contributed by atoms with Gasteiger partial charge in [-0.15, -0.1) is 11.3 Å². The first-order valence-corrected chi connectivity index (χ1v) is 7.76. The zero-order chi connectivity index (χ0) is 14.0. The Morgan fingerprint density at radius 2 is 2.16 bits per heavy atom. The minimum atomic E-state index is -3.82. The van der Waals surface area contributed by atoms with Gasteiger partial charge >= 0.3 is 0 Å². The summed E-state index contributed by atoms with van der Waals surface area (Å²) in [5.74, 6) is -0.425. The number of nitrogens with two attached hydrogens (primary N) is 1. The molecule has 2 rings (SSSR count). The van der Waals surface area contributed by atoms with E-state index in [1.54, 1.807) is 5.38 Å². The number of halogens is 1. The number of carbonyl (C=O) groups excluding carboxylic acids is 1. The Balaban J connectivity index is 2.25. The van der Waals surface area contributed by atoms with Gasteiger partial charge in [0, 0.05) is 5.38 Å². The lowest BCUT2D eigenvalue weighted by Gasteiger charge is -2.07. The van der Waals surface area contributed by atoms with Crippen molar-refractivity contribution in [1.29, 1.82) is 0 Å². The minimum absolute atomic E-state index is 0.0788. The van der Waals surface area contributed by atoms with Crippen LogP contribution in [0.3, 0.4) is 0 Å². The molecule has 1 aromatic heterocycles. The zero-order valence-corrected chi connectivity index (χ0v) is 11.7. The average Bonchev–Trinajstić information content (AvgIpc) is 2.84. The van der Waals surface area contributed by atoms with Gasteiger partial charge in [-0.1, -0.05) is 11.6 Å². The lowest BCUT2D eigenvalue weighted by atomic mass is 10.3. The molecule has 19 heavy (non-hydrogen) atoms. The molecule has 0 aliphatic rings. The highest BCUT2D eigenvalue weighted by Crippen LogP contribution is 2.25. The molecule has 6 nitrogen and oxygen atoms in total. The van der Waals surface area contributed by atoms with E-state index in [4.69, 9.17) is 16.7 Å². The molecule has 1 heterocycles. The van der Waals surface area contributed by atoms with Gasteiger partial charge in [-0.25, -0.2) is 18.5 Å². The van der Waals surface area contributed by atoms with Gasteiger partial charge in [-0.05, 0) is 18.2 Å². The van der Waals surface area contributed by atoms with E-state index in [0.29, 0.717) is 0 Å². The lowest BCUT2D eigenvalue weighted by Crippen LogP contribution is -2.14. The summed E-state index contributed by atoms with van der Waals surface area (Å²) in [5.41, 5.74) is 2.07. The Bertz CT molecular complexity index is 714. The van der Waals surface area contributed by atoms with E-state index in [1.165, 1.54) is 35.0 Å². The largest absolute Gasteiger partial charge is 0.319 e. The number of thiazole rings is 1. The predicted octanol–water partition coefficient (Wildman–Crippen LogP) is 1.70. The lowest BCUT2D eigenvalue weighted by molar-refractivity contribution is 0.102. The van der Waals surface area contributed by atoms with E-state index >= 15 is 0 Å². The highest BCUT2D eigenvalue weighted by atomic mass is 35.5. The van der Waals surface area contributed by atoms with Gasteiger partial charge in [0.2, 0.25) is 10.0 Å². The number of nitrogens with one attached hydrogen (secondary N) is 1. The van der Waals surface area contributed by atoms with E-state index in [0.717, 1.165) is 0 Å². The van der Waals surface area contributed by atoms with Crippen LogP contribution in [0, 0.1) is 0 Å². The van der Waals surface area contributed by atoms with E-state index in [9.17, 15) is 13.2 Å². The van der Waals surface area contributed by atoms with Crippen LogP contribution in [0.2, 0.25) is 5.02 Å². The van der Waals surface area contributed by atoms with E-state index in [-0.39, 0.29) is 21.3 Å². The molecule has 9 heteroatoms. The van der Waals surface area contributed by atoms with Crippen molar-refractivity contribution in [2.24, 2.45) is 5.14 Å². The van der Waals surface area contributed by atoms with Crippen molar-refractivity contribution in [2.45, 2.75) is 4.90 Å². The maximum Gasteiger partial charge on any atom is 0.275 e. The molecular formula is C10H8ClN3O3S2. The fourth-order valence-electron chi connectivity index (χ4n) is 1.29. The highest BCUT2D eigenvalue weighted by Gasteiger charge is 2.13. The number of nitrogens with zero attached hydrogens (tertiary/aromatic N) is 1. The average molecular weight is 318 g/mol. The molecular weight excluding hydrogens is 310 g/mol. The molecule has 2 aromatic rings. The first-order valence-electron chi connectivity index (χ1n) is 4.90. The standard InChI is InChI=1S/C10H8ClN3O3S2/c11-7-3-6(19(12,16)17)1-2-8(7)14-10(15)9-4-18-5-13-9/h1-5H,(H,14,15)(H2,12,16,17). The van der Waals surface area contributed by atoms with Crippen LogP contribution < -0.4 is 10.5 Å². The second kappa shape index (κ2) is 5.25. The van der Waals surface area contributed by atoms with Crippen LogP contribution in [0.25, 0.3) is 0 Å². The smallest absolute Gasteiger partial charge is 0.275 e. The molecule has 0 unspecified atom stereocenters. The van der Waals surface area contributed by atoms with Crippen molar-refractivity contribution < 1.29 is 13.2 Å². The summed E-state index contributed by atoms with van der Waals surface area (Å²) in [6, 6.07) is 3.80. The summed E-state index contributed by atoms with van der Waals surface area (Å²) in [6.07, 6.45) is 0. The number of hydrogen-bond donors (Lipinski definition) is 2. The maximum absolute atomic E-state index is 11.7. The molecule has 1 aromatic carbocycles. The van der Waals surface area contributed by atoms with Gasteiger partial charge in [0.25, 0.3) is 5.91 Å². The SMILES string of the molecule is NS(=O)(=O)c1ccc(NC(=O)c2cscn2)c(Cl)c1. The summed E-state index contributed by atoms with van der Waals surface area (Å²) in [7, 11) is -3.82. The van der Waals surface area contributed by atoms with Crippen LogP contribution in [0.15, 0.2) is 34.0 Å². The Hall–Kier alpha value is -1.48. The van der Waals surface area contributed by atoms with Gasteiger partial charge in [0.05, 0.1) is 21.1 Å². The summed E-state index contributed by atoms with van der Waals surface area (Å²) < 4.78 is 22.3. The topological polar surface area (TPSA) is 102 Å². The molecule has 0 saturated carbocycles. The Labute approximate surface area is 118 Å². The van der Waals surface area contributed by atoms with Gasteiger partial charge in [-0.3, -0.25) is 4.79 Å². The van der Waals surface area contributed by atoms with Crippen molar-refractivity contribution >= 4 is 44.6 Å². The zero-order valence-electron chi connectivity index (χ0n) is 9.33. The van der Waals surface area contributed by atoms with Gasteiger partial charge < -0.3 is 5.32 Å². The monoisotopic (exact) mass is 317 g/mol. The van der Waals surface area contributed by atoms with Gasteiger partial charge in [0.15, 0.2) is 0 Å². The molecule has 0 fully saturated rings. The van der Waals surface area contributed by atoms with Crippen molar-refractivity contribution in [3.8, 4) is 0 Å². The van der Waals surface area contributed by atoms with Gasteiger partial charge in [-0.2, -0.15) is 0 Å². The Morgan fingerprint density at radius 1 is 1.42 bits per heavy atom. The Morgan fingerprint density at radius 3 is 2.68 bits per heavy atom. The summed E-state index contributed by atoms with van der Waals surface area (Å²) >= 11 is 7.18. The second-order valence-corrected chi connectivity index (χ2v) is 6.20. The highest BCUT2D eigenvalue weighted by molar-refractivity contribution is 7.89. The fraction of sp³-hybridized carbons (Fsp3) is 0. The molecule has 3 N–H and O–H groups in total. The van der Waals surface area contributed by atoms with Crippen LogP contribution in [-0.4, -0.2) is 19.3 Å². The summed E-state index contributed by atoms with van der Waals surface area (Å²) in [6.45, 7) is 0. The number of hydrogen-bond acceptors (Lipinski definition) is 5. The van der Waals surface area contributed by atoms with Crippen molar-refractivity contribution in [3.63, 3.8) is 0 Å². The third-order valence-electron chi connectivity index (χ3n) is 2.18. The molecule has 100 valence electrons.